The van der Waals surface area contributed by atoms with E-state index in [1.165, 1.54) is 24.3 Å². The topological polar surface area (TPSA) is 81.7 Å². The Morgan fingerprint density at radius 1 is 1.19 bits per heavy atom. The highest BCUT2D eigenvalue weighted by molar-refractivity contribution is 7.53. The molecule has 0 unspecified atom stereocenters. The number of anilines is 1. The van der Waals surface area contributed by atoms with Crippen LogP contribution in [-0.4, -0.2) is 24.9 Å². The first-order chi connectivity index (χ1) is 12.8. The second kappa shape index (κ2) is 9.62. The lowest BCUT2D eigenvalue weighted by molar-refractivity contribution is 0.101. The molecule has 0 saturated heterocycles. The molecule has 2 rings (SSSR count). The summed E-state index contributed by atoms with van der Waals surface area (Å²) in [5.74, 6) is -0.571. The molecule has 2 aromatic rings. The van der Waals surface area contributed by atoms with Crippen molar-refractivity contribution in [1.29, 1.82) is 0 Å². The van der Waals surface area contributed by atoms with E-state index in [0.717, 1.165) is 0 Å². The molecule has 1 aromatic heterocycles. The van der Waals surface area contributed by atoms with Crippen molar-refractivity contribution in [3.63, 3.8) is 0 Å². The first kappa shape index (κ1) is 21.8. The monoisotopic (exact) mass is 429 g/mol. The van der Waals surface area contributed by atoms with E-state index in [1.54, 1.807) is 37.4 Å². The summed E-state index contributed by atoms with van der Waals surface area (Å²) in [7, 11) is -3.23. The lowest BCUT2D eigenvalue weighted by Gasteiger charge is -2.15. The number of ketones is 1. The van der Waals surface area contributed by atoms with E-state index >= 15 is 0 Å². The second-order valence-corrected chi connectivity index (χ2v) is 9.09. The molecule has 0 bridgehead atoms. The van der Waals surface area contributed by atoms with Gasteiger partial charge in [-0.2, -0.15) is 0 Å². The number of amides is 1. The molecule has 0 aliphatic rings. The summed E-state index contributed by atoms with van der Waals surface area (Å²) in [6.07, 6.45) is 0.103. The zero-order valence-corrected chi connectivity index (χ0v) is 17.7. The average molecular weight is 430 g/mol. The van der Waals surface area contributed by atoms with Crippen molar-refractivity contribution in [3.05, 3.63) is 50.7 Å². The molecule has 1 amide bonds. The van der Waals surface area contributed by atoms with Crippen molar-refractivity contribution in [2.75, 3.05) is 18.5 Å². The summed E-state index contributed by atoms with van der Waals surface area (Å²) in [4.78, 5) is 25.0. The van der Waals surface area contributed by atoms with Crippen LogP contribution in [-0.2, 0) is 19.8 Å². The van der Waals surface area contributed by atoms with E-state index in [9.17, 15) is 14.2 Å². The lowest BCUT2D eigenvalue weighted by Crippen LogP contribution is -2.13. The Morgan fingerprint density at radius 2 is 1.85 bits per heavy atom. The van der Waals surface area contributed by atoms with Crippen molar-refractivity contribution < 1.29 is 23.2 Å². The zero-order valence-electron chi connectivity index (χ0n) is 15.3. The van der Waals surface area contributed by atoms with Crippen LogP contribution in [0.3, 0.4) is 0 Å². The number of hydrogen-bond donors (Lipinski definition) is 1. The van der Waals surface area contributed by atoms with Crippen LogP contribution in [0.1, 0.15) is 46.4 Å². The van der Waals surface area contributed by atoms with Gasteiger partial charge in [0.05, 0.1) is 30.6 Å². The first-order valence-corrected chi connectivity index (χ1v) is 11.3. The number of rotatable bonds is 9. The summed E-state index contributed by atoms with van der Waals surface area (Å²) < 4.78 is 23.2. The molecule has 0 radical (unpaired) electrons. The van der Waals surface area contributed by atoms with Gasteiger partial charge in [0.2, 0.25) is 0 Å². The van der Waals surface area contributed by atoms with Crippen molar-refractivity contribution in [1.82, 2.24) is 0 Å². The molecule has 1 N–H and O–H groups in total. The molecule has 0 aliphatic carbocycles. The molecule has 0 atom stereocenters. The SMILES string of the molecule is CCOP(=O)(Cc1cc(C(=O)Nc2ccc(Cl)cc2C(C)=O)cs1)OCC. The summed E-state index contributed by atoms with van der Waals surface area (Å²) >= 11 is 7.22. The van der Waals surface area contributed by atoms with Gasteiger partial charge >= 0.3 is 7.60 Å². The smallest absolute Gasteiger partial charge is 0.321 e. The van der Waals surface area contributed by atoms with Gasteiger partial charge in [-0.15, -0.1) is 11.3 Å². The third kappa shape index (κ3) is 5.99. The molecule has 1 heterocycles. The lowest BCUT2D eigenvalue weighted by atomic mass is 10.1. The van der Waals surface area contributed by atoms with Crippen LogP contribution in [0.25, 0.3) is 0 Å². The minimum Gasteiger partial charge on any atom is -0.321 e. The van der Waals surface area contributed by atoms with Gasteiger partial charge in [-0.25, -0.2) is 0 Å². The van der Waals surface area contributed by atoms with Crippen molar-refractivity contribution in [2.45, 2.75) is 26.9 Å². The van der Waals surface area contributed by atoms with Gasteiger partial charge in [-0.05, 0) is 45.0 Å². The fourth-order valence-electron chi connectivity index (χ4n) is 2.41. The van der Waals surface area contributed by atoms with E-state index in [2.05, 4.69) is 5.32 Å². The molecule has 27 heavy (non-hydrogen) atoms. The highest BCUT2D eigenvalue weighted by Crippen LogP contribution is 2.52. The maximum atomic E-state index is 12.6. The molecule has 9 heteroatoms. The molecular weight excluding hydrogens is 409 g/mol. The summed E-state index contributed by atoms with van der Waals surface area (Å²) in [5.41, 5.74) is 1.13. The summed E-state index contributed by atoms with van der Waals surface area (Å²) in [6.45, 7) is 5.46. The molecule has 0 aliphatic heterocycles. The Labute approximate surface area is 167 Å². The fourth-order valence-corrected chi connectivity index (χ4v) is 5.52. The van der Waals surface area contributed by atoms with Crippen LogP contribution in [0, 0.1) is 0 Å². The number of thiophene rings is 1. The number of benzene rings is 1. The number of Topliss-reactive ketones (excluding diaryl/α,β-unsaturated/α-hetero) is 1. The third-order valence-corrected chi connectivity index (χ3v) is 6.94. The van der Waals surface area contributed by atoms with Gasteiger partial charge in [0, 0.05) is 20.8 Å². The minimum absolute atomic E-state index is 0.103. The van der Waals surface area contributed by atoms with Gasteiger partial charge in [0.25, 0.3) is 5.91 Å². The van der Waals surface area contributed by atoms with Crippen molar-refractivity contribution in [3.8, 4) is 0 Å². The maximum absolute atomic E-state index is 12.6. The summed E-state index contributed by atoms with van der Waals surface area (Å²) in [5, 5.41) is 4.80. The maximum Gasteiger partial charge on any atom is 0.335 e. The quantitative estimate of drug-likeness (QED) is 0.413. The molecule has 1 aromatic carbocycles. The van der Waals surface area contributed by atoms with Crippen LogP contribution in [0.2, 0.25) is 5.02 Å². The predicted molar refractivity (Wildman–Crippen MR) is 108 cm³/mol. The van der Waals surface area contributed by atoms with Gasteiger partial charge in [0.15, 0.2) is 5.78 Å². The molecule has 6 nitrogen and oxygen atoms in total. The van der Waals surface area contributed by atoms with E-state index in [0.29, 0.717) is 26.7 Å². The normalized spacial score (nSPS) is 11.4. The van der Waals surface area contributed by atoms with Crippen LogP contribution < -0.4 is 5.32 Å². The third-order valence-electron chi connectivity index (χ3n) is 3.53. The molecular formula is C18H21ClNO5PS. The number of hydrogen-bond acceptors (Lipinski definition) is 6. The van der Waals surface area contributed by atoms with E-state index in [1.807, 2.05) is 0 Å². The second-order valence-electron chi connectivity index (χ2n) is 5.61. The Balaban J connectivity index is 2.16. The molecule has 146 valence electrons. The molecule has 0 fully saturated rings. The van der Waals surface area contributed by atoms with Crippen molar-refractivity contribution >= 4 is 47.9 Å². The van der Waals surface area contributed by atoms with Crippen LogP contribution in [0.4, 0.5) is 5.69 Å². The highest BCUT2D eigenvalue weighted by atomic mass is 35.5. The average Bonchev–Trinajstić information content (AvgIpc) is 3.04. The first-order valence-electron chi connectivity index (χ1n) is 8.35. The zero-order chi connectivity index (χ0) is 20.0. The van der Waals surface area contributed by atoms with Gasteiger partial charge in [-0.1, -0.05) is 11.6 Å². The highest BCUT2D eigenvalue weighted by Gasteiger charge is 2.25. The Morgan fingerprint density at radius 3 is 2.44 bits per heavy atom. The van der Waals surface area contributed by atoms with Gasteiger partial charge in [0.1, 0.15) is 0 Å². The number of carbonyl (C=O) groups is 2. The predicted octanol–water partition coefficient (Wildman–Crippen LogP) is 5.62. The minimum atomic E-state index is -3.23. The van der Waals surface area contributed by atoms with Gasteiger partial charge in [-0.3, -0.25) is 14.2 Å². The standard InChI is InChI=1S/C18H21ClNO5PS/c1-4-24-26(23,25-5-2)10-15-8-13(11-27-15)18(22)20-17-7-6-14(19)9-16(17)12(3)21/h6-9,11H,4-5,10H2,1-3H3,(H,20,22). The van der Waals surface area contributed by atoms with Crippen molar-refractivity contribution in [2.24, 2.45) is 0 Å². The fraction of sp³-hybridized carbons (Fsp3) is 0.333. The number of nitrogens with one attached hydrogen (secondary N) is 1. The molecule has 0 saturated carbocycles. The largest absolute Gasteiger partial charge is 0.335 e. The Hall–Kier alpha value is -1.50. The molecule has 0 spiro atoms. The Kier molecular flexibility index (Phi) is 7.77. The van der Waals surface area contributed by atoms with Crippen LogP contribution in [0.5, 0.6) is 0 Å². The van der Waals surface area contributed by atoms with E-state index in [-0.39, 0.29) is 31.1 Å². The summed E-state index contributed by atoms with van der Waals surface area (Å²) in [6, 6.07) is 6.35. The van der Waals surface area contributed by atoms with E-state index in [4.69, 9.17) is 20.6 Å². The number of carbonyl (C=O) groups excluding carboxylic acids is 2. The number of halogens is 1. The van der Waals surface area contributed by atoms with E-state index < -0.39 is 7.60 Å². The van der Waals surface area contributed by atoms with Crippen LogP contribution in [0.15, 0.2) is 29.6 Å². The van der Waals surface area contributed by atoms with Gasteiger partial charge < -0.3 is 14.4 Å². The Bertz CT molecular complexity index is 872. The van der Waals surface area contributed by atoms with Crippen LogP contribution >= 0.6 is 30.5 Å².